The summed E-state index contributed by atoms with van der Waals surface area (Å²) in [4.78, 5) is 12.0. The molecular weight excluding hydrogens is 240 g/mol. The number of hydrogen-bond donors (Lipinski definition) is 2. The molecule has 0 bridgehead atoms. The Balaban J connectivity index is 2.22. The van der Waals surface area contributed by atoms with Gasteiger partial charge in [0, 0.05) is 6.54 Å². The van der Waals surface area contributed by atoms with Crippen molar-refractivity contribution in [3.8, 4) is 0 Å². The van der Waals surface area contributed by atoms with E-state index in [9.17, 15) is 4.79 Å². The van der Waals surface area contributed by atoms with Gasteiger partial charge in [-0.2, -0.15) is 5.10 Å². The van der Waals surface area contributed by atoms with Crippen molar-refractivity contribution in [3.63, 3.8) is 0 Å². The molecule has 17 heavy (non-hydrogen) atoms. The number of carbonyl (C=O) groups is 1. The van der Waals surface area contributed by atoms with Crippen LogP contribution in [0.4, 0.5) is 10.8 Å². The molecule has 2 aromatic heterocycles. The zero-order valence-corrected chi connectivity index (χ0v) is 10.3. The fourth-order valence-electron chi connectivity index (χ4n) is 1.39. The smallest absolute Gasteiger partial charge is 0.277 e. The van der Waals surface area contributed by atoms with E-state index in [1.54, 1.807) is 4.68 Å². The second kappa shape index (κ2) is 4.50. The predicted octanol–water partition coefficient (Wildman–Crippen LogP) is 0.897. The van der Waals surface area contributed by atoms with E-state index in [1.165, 1.54) is 17.5 Å². The molecule has 0 fully saturated rings. The van der Waals surface area contributed by atoms with Crippen LogP contribution < -0.4 is 11.1 Å². The van der Waals surface area contributed by atoms with Crippen LogP contribution in [0, 0.1) is 6.92 Å². The van der Waals surface area contributed by atoms with Crippen molar-refractivity contribution < 1.29 is 4.79 Å². The Bertz CT molecular complexity index is 545. The zero-order valence-electron chi connectivity index (χ0n) is 9.47. The second-order valence-corrected chi connectivity index (χ2v) is 4.53. The minimum atomic E-state index is -0.321. The number of nitrogen functional groups attached to an aromatic ring is 1. The SMILES string of the molecule is CCn1ncc(N)c1C(=O)Nc1nnc(C)s1. The van der Waals surface area contributed by atoms with Crippen LogP contribution in [0.3, 0.4) is 0 Å². The minimum Gasteiger partial charge on any atom is -0.396 e. The summed E-state index contributed by atoms with van der Waals surface area (Å²) in [5.41, 5.74) is 6.40. The highest BCUT2D eigenvalue weighted by atomic mass is 32.1. The fraction of sp³-hybridized carbons (Fsp3) is 0.333. The van der Waals surface area contributed by atoms with Gasteiger partial charge in [-0.15, -0.1) is 10.2 Å². The van der Waals surface area contributed by atoms with Gasteiger partial charge in [0.05, 0.1) is 11.9 Å². The van der Waals surface area contributed by atoms with E-state index in [-0.39, 0.29) is 5.91 Å². The lowest BCUT2D eigenvalue weighted by Crippen LogP contribution is -2.18. The van der Waals surface area contributed by atoms with Gasteiger partial charge in [-0.05, 0) is 13.8 Å². The van der Waals surface area contributed by atoms with Crippen molar-refractivity contribution in [2.24, 2.45) is 0 Å². The molecule has 0 unspecified atom stereocenters. The highest BCUT2D eigenvalue weighted by Gasteiger charge is 2.17. The van der Waals surface area contributed by atoms with Gasteiger partial charge in [0.15, 0.2) is 0 Å². The Morgan fingerprint density at radius 1 is 1.59 bits per heavy atom. The molecule has 0 aliphatic heterocycles. The van der Waals surface area contributed by atoms with Crippen LogP contribution in [0.15, 0.2) is 6.20 Å². The summed E-state index contributed by atoms with van der Waals surface area (Å²) < 4.78 is 1.54. The second-order valence-electron chi connectivity index (χ2n) is 3.34. The summed E-state index contributed by atoms with van der Waals surface area (Å²) in [6.45, 7) is 4.28. The van der Waals surface area contributed by atoms with Crippen molar-refractivity contribution in [2.45, 2.75) is 20.4 Å². The topological polar surface area (TPSA) is 98.7 Å². The van der Waals surface area contributed by atoms with E-state index >= 15 is 0 Å². The maximum Gasteiger partial charge on any atom is 0.277 e. The molecule has 90 valence electrons. The summed E-state index contributed by atoms with van der Waals surface area (Å²) in [6, 6.07) is 0. The summed E-state index contributed by atoms with van der Waals surface area (Å²) >= 11 is 1.31. The van der Waals surface area contributed by atoms with Crippen LogP contribution >= 0.6 is 11.3 Å². The number of amides is 1. The lowest BCUT2D eigenvalue weighted by Gasteiger charge is -2.04. The van der Waals surface area contributed by atoms with Gasteiger partial charge in [0.1, 0.15) is 10.7 Å². The van der Waals surface area contributed by atoms with Gasteiger partial charge in [-0.25, -0.2) is 0 Å². The Kier molecular flexibility index (Phi) is 3.05. The van der Waals surface area contributed by atoms with Crippen LogP contribution in [0.5, 0.6) is 0 Å². The van der Waals surface area contributed by atoms with Gasteiger partial charge in [-0.3, -0.25) is 14.8 Å². The first-order chi connectivity index (χ1) is 8.11. The lowest BCUT2D eigenvalue weighted by molar-refractivity contribution is 0.101. The molecule has 0 radical (unpaired) electrons. The third-order valence-electron chi connectivity index (χ3n) is 2.13. The van der Waals surface area contributed by atoms with Crippen molar-refractivity contribution >= 4 is 28.1 Å². The number of carbonyl (C=O) groups excluding carboxylic acids is 1. The van der Waals surface area contributed by atoms with Gasteiger partial charge in [-0.1, -0.05) is 11.3 Å². The molecule has 7 nitrogen and oxygen atoms in total. The van der Waals surface area contributed by atoms with E-state index in [0.29, 0.717) is 23.1 Å². The van der Waals surface area contributed by atoms with Crippen molar-refractivity contribution in [1.82, 2.24) is 20.0 Å². The molecule has 0 aromatic carbocycles. The Labute approximate surface area is 102 Å². The summed E-state index contributed by atoms with van der Waals surface area (Å²) in [6.07, 6.45) is 1.46. The molecule has 2 heterocycles. The predicted molar refractivity (Wildman–Crippen MR) is 64.9 cm³/mol. The fourth-order valence-corrected chi connectivity index (χ4v) is 1.98. The van der Waals surface area contributed by atoms with E-state index in [1.807, 2.05) is 13.8 Å². The molecule has 0 aliphatic rings. The lowest BCUT2D eigenvalue weighted by atomic mass is 10.3. The van der Waals surface area contributed by atoms with E-state index < -0.39 is 0 Å². The molecule has 0 spiro atoms. The normalized spacial score (nSPS) is 10.5. The van der Waals surface area contributed by atoms with E-state index in [0.717, 1.165) is 5.01 Å². The number of nitrogens with two attached hydrogens (primary N) is 1. The first-order valence-electron chi connectivity index (χ1n) is 5.04. The quantitative estimate of drug-likeness (QED) is 0.845. The van der Waals surface area contributed by atoms with Crippen LogP contribution in [0.1, 0.15) is 22.4 Å². The maximum atomic E-state index is 12.0. The first-order valence-corrected chi connectivity index (χ1v) is 5.86. The number of aromatic nitrogens is 4. The average Bonchev–Trinajstić information content (AvgIpc) is 2.84. The molecule has 2 rings (SSSR count). The number of nitrogens with one attached hydrogen (secondary N) is 1. The number of anilines is 2. The number of rotatable bonds is 3. The largest absolute Gasteiger partial charge is 0.396 e. The summed E-state index contributed by atoms with van der Waals surface area (Å²) in [5, 5.41) is 15.5. The molecular formula is C9H12N6OS. The number of aryl methyl sites for hydroxylation is 2. The molecule has 0 atom stereocenters. The van der Waals surface area contributed by atoms with Crippen LogP contribution in [0.2, 0.25) is 0 Å². The third-order valence-corrected chi connectivity index (χ3v) is 2.88. The molecule has 8 heteroatoms. The highest BCUT2D eigenvalue weighted by Crippen LogP contribution is 2.17. The molecule has 0 saturated heterocycles. The number of hydrogen-bond acceptors (Lipinski definition) is 6. The monoisotopic (exact) mass is 252 g/mol. The van der Waals surface area contributed by atoms with Gasteiger partial charge >= 0.3 is 0 Å². The van der Waals surface area contributed by atoms with E-state index in [2.05, 4.69) is 20.6 Å². The van der Waals surface area contributed by atoms with E-state index in [4.69, 9.17) is 5.73 Å². The third kappa shape index (κ3) is 2.26. The Hall–Kier alpha value is -1.96. The summed E-state index contributed by atoms with van der Waals surface area (Å²) in [5.74, 6) is -0.321. The van der Waals surface area contributed by atoms with Crippen LogP contribution in [-0.2, 0) is 6.54 Å². The van der Waals surface area contributed by atoms with Crippen molar-refractivity contribution in [1.29, 1.82) is 0 Å². The average molecular weight is 252 g/mol. The standard InChI is InChI=1S/C9H12N6OS/c1-3-15-7(6(10)4-11-15)8(16)12-9-14-13-5(2)17-9/h4H,3,10H2,1-2H3,(H,12,14,16). The molecule has 1 amide bonds. The van der Waals surface area contributed by atoms with Crippen LogP contribution in [-0.4, -0.2) is 25.9 Å². The van der Waals surface area contributed by atoms with Crippen LogP contribution in [0.25, 0.3) is 0 Å². The van der Waals surface area contributed by atoms with Gasteiger partial charge < -0.3 is 5.73 Å². The molecule has 0 saturated carbocycles. The maximum absolute atomic E-state index is 12.0. The molecule has 0 aliphatic carbocycles. The van der Waals surface area contributed by atoms with Gasteiger partial charge in [0.2, 0.25) is 5.13 Å². The molecule has 3 N–H and O–H groups in total. The van der Waals surface area contributed by atoms with Crippen molar-refractivity contribution in [3.05, 3.63) is 16.9 Å². The first kappa shape index (κ1) is 11.5. The van der Waals surface area contributed by atoms with Crippen molar-refractivity contribution in [2.75, 3.05) is 11.1 Å². The summed E-state index contributed by atoms with van der Waals surface area (Å²) in [7, 11) is 0. The minimum absolute atomic E-state index is 0.321. The zero-order chi connectivity index (χ0) is 12.4. The highest BCUT2D eigenvalue weighted by molar-refractivity contribution is 7.15. The Morgan fingerprint density at radius 2 is 2.35 bits per heavy atom. The molecule has 2 aromatic rings. The Morgan fingerprint density at radius 3 is 2.94 bits per heavy atom. The van der Waals surface area contributed by atoms with Gasteiger partial charge in [0.25, 0.3) is 5.91 Å². The number of nitrogens with zero attached hydrogens (tertiary/aromatic N) is 4.